The van der Waals surface area contributed by atoms with Crippen molar-refractivity contribution in [3.63, 3.8) is 0 Å². The molecule has 178 valence electrons. The molecule has 0 radical (unpaired) electrons. The average molecular weight is 499 g/mol. The number of nitrogens with one attached hydrogen (secondary N) is 2. The molecule has 0 bridgehead atoms. The molecule has 0 aliphatic rings. The van der Waals surface area contributed by atoms with Gasteiger partial charge in [-0.05, 0) is 31.2 Å². The summed E-state index contributed by atoms with van der Waals surface area (Å²) in [6.45, 7) is 0.363. The van der Waals surface area contributed by atoms with Crippen LogP contribution in [0.4, 0.5) is 23.7 Å². The van der Waals surface area contributed by atoms with Gasteiger partial charge in [0.05, 0.1) is 11.9 Å². The molecule has 2 amide bonds. The molecule has 0 aliphatic heterocycles. The summed E-state index contributed by atoms with van der Waals surface area (Å²) < 4.78 is 40.4. The normalized spacial score (nSPS) is 11.8. The minimum atomic E-state index is -4.49. The van der Waals surface area contributed by atoms with Crippen LogP contribution in [-0.2, 0) is 0 Å². The zero-order valence-corrected chi connectivity index (χ0v) is 18.8. The van der Waals surface area contributed by atoms with Gasteiger partial charge in [0.15, 0.2) is 0 Å². The van der Waals surface area contributed by atoms with Crippen molar-refractivity contribution in [1.82, 2.24) is 29.3 Å². The van der Waals surface area contributed by atoms with Crippen LogP contribution >= 0.6 is 11.3 Å². The molecule has 0 saturated carbocycles. The lowest BCUT2D eigenvalue weighted by atomic mass is 10.1. The Morgan fingerprint density at radius 3 is 2.77 bits per heavy atom. The molecule has 4 aromatic heterocycles. The second-order valence-corrected chi connectivity index (χ2v) is 8.58. The minimum absolute atomic E-state index is 0.319. The Morgan fingerprint density at radius 2 is 1.97 bits per heavy atom. The van der Waals surface area contributed by atoms with Crippen LogP contribution in [0.5, 0.6) is 0 Å². The molecular weight excluding hydrogens is 483 g/mol. The summed E-state index contributed by atoms with van der Waals surface area (Å²) in [5.41, 5.74) is 3.56. The first-order chi connectivity index (χ1) is 16.7. The molecule has 2 N–H and O–H groups in total. The fourth-order valence-electron chi connectivity index (χ4n) is 3.51. The highest BCUT2D eigenvalue weighted by atomic mass is 32.1. The quantitative estimate of drug-likeness (QED) is 0.387. The van der Waals surface area contributed by atoms with E-state index >= 15 is 0 Å². The SMILES string of the molecule is Cc1cc(=O)nc2sc(-c3ccn4c(-c5cccc(NC(=O)NCC(F)(F)F)c5)cnc4c3)nn12. The number of urea groups is 1. The number of rotatable bonds is 4. The number of carbonyl (C=O) groups is 1. The van der Waals surface area contributed by atoms with E-state index in [2.05, 4.69) is 20.4 Å². The van der Waals surface area contributed by atoms with Gasteiger partial charge >= 0.3 is 12.2 Å². The molecule has 4 heterocycles. The predicted octanol–water partition coefficient (Wildman–Crippen LogP) is 4.12. The maximum atomic E-state index is 12.3. The first kappa shape index (κ1) is 22.5. The Morgan fingerprint density at radius 1 is 1.14 bits per heavy atom. The van der Waals surface area contributed by atoms with Gasteiger partial charge in [-0.25, -0.2) is 14.3 Å². The number of anilines is 1. The smallest absolute Gasteiger partial charge is 0.329 e. The van der Waals surface area contributed by atoms with E-state index < -0.39 is 18.8 Å². The molecule has 1 aromatic carbocycles. The van der Waals surface area contributed by atoms with E-state index in [1.54, 1.807) is 47.2 Å². The molecule has 0 unspecified atom stereocenters. The Hall–Kier alpha value is -4.26. The highest BCUT2D eigenvalue weighted by Crippen LogP contribution is 2.29. The van der Waals surface area contributed by atoms with Gasteiger partial charge in [-0.15, -0.1) is 0 Å². The molecule has 5 aromatic rings. The lowest BCUT2D eigenvalue weighted by molar-refractivity contribution is -0.122. The van der Waals surface area contributed by atoms with Crippen molar-refractivity contribution in [2.75, 3.05) is 11.9 Å². The highest BCUT2D eigenvalue weighted by Gasteiger charge is 2.27. The van der Waals surface area contributed by atoms with Crippen molar-refractivity contribution in [2.45, 2.75) is 13.1 Å². The van der Waals surface area contributed by atoms with E-state index in [0.717, 1.165) is 11.3 Å². The van der Waals surface area contributed by atoms with Crippen LogP contribution in [0.2, 0.25) is 0 Å². The lowest BCUT2D eigenvalue weighted by Crippen LogP contribution is -2.36. The molecule has 0 fully saturated rings. The fourth-order valence-corrected chi connectivity index (χ4v) is 4.45. The molecule has 9 nitrogen and oxygen atoms in total. The molecule has 0 atom stereocenters. The van der Waals surface area contributed by atoms with Gasteiger partial charge in [-0.1, -0.05) is 23.5 Å². The van der Waals surface area contributed by atoms with E-state index in [-0.39, 0.29) is 5.56 Å². The number of pyridine rings is 1. The summed E-state index contributed by atoms with van der Waals surface area (Å²) in [6.07, 6.45) is -1.02. The van der Waals surface area contributed by atoms with Crippen LogP contribution in [0.25, 0.3) is 32.4 Å². The highest BCUT2D eigenvalue weighted by molar-refractivity contribution is 7.19. The standard InChI is InChI=1S/C22H16F3N7O2S/c1-12-7-18(33)29-21-32(12)30-19(35-21)14-5-6-31-16(10-26-17(31)9-14)13-3-2-4-15(8-13)28-20(34)27-11-22(23,24)25/h2-10H,11H2,1H3,(H2,27,28,34). The number of hydrogen-bond acceptors (Lipinski definition) is 6. The largest absolute Gasteiger partial charge is 0.405 e. The summed E-state index contributed by atoms with van der Waals surface area (Å²) in [5.74, 6) is 0. The van der Waals surface area contributed by atoms with Crippen molar-refractivity contribution in [3.05, 3.63) is 70.9 Å². The number of hydrogen-bond donors (Lipinski definition) is 2. The third kappa shape index (κ3) is 4.71. The van der Waals surface area contributed by atoms with Gasteiger partial charge in [0.25, 0.3) is 5.56 Å². The van der Waals surface area contributed by atoms with Crippen molar-refractivity contribution in [3.8, 4) is 21.8 Å². The van der Waals surface area contributed by atoms with Crippen molar-refractivity contribution in [1.29, 1.82) is 0 Å². The van der Waals surface area contributed by atoms with Crippen LogP contribution in [-0.4, -0.2) is 42.7 Å². The average Bonchev–Trinajstić information content (AvgIpc) is 3.41. The van der Waals surface area contributed by atoms with E-state index in [0.29, 0.717) is 32.6 Å². The molecule has 0 aliphatic carbocycles. The molecule has 5 rings (SSSR count). The number of benzene rings is 1. The van der Waals surface area contributed by atoms with Crippen molar-refractivity contribution in [2.24, 2.45) is 0 Å². The number of alkyl halides is 3. The molecule has 35 heavy (non-hydrogen) atoms. The van der Waals surface area contributed by atoms with E-state index in [1.165, 1.54) is 17.4 Å². The molecule has 0 saturated heterocycles. The van der Waals surface area contributed by atoms with Crippen LogP contribution in [0, 0.1) is 6.92 Å². The number of amides is 2. The predicted molar refractivity (Wildman–Crippen MR) is 125 cm³/mol. The number of carbonyl (C=O) groups excluding carboxylic acids is 1. The number of fused-ring (bicyclic) bond motifs is 2. The summed E-state index contributed by atoms with van der Waals surface area (Å²) in [7, 11) is 0. The van der Waals surface area contributed by atoms with Gasteiger partial charge in [0.2, 0.25) is 4.96 Å². The van der Waals surface area contributed by atoms with Crippen LogP contribution in [0.3, 0.4) is 0 Å². The third-order valence-corrected chi connectivity index (χ3v) is 6.02. The van der Waals surface area contributed by atoms with Gasteiger partial charge in [0, 0.05) is 34.8 Å². The monoisotopic (exact) mass is 499 g/mol. The zero-order valence-electron chi connectivity index (χ0n) is 18.0. The zero-order chi connectivity index (χ0) is 24.7. The summed E-state index contributed by atoms with van der Waals surface area (Å²) in [5, 5.41) is 9.39. The van der Waals surface area contributed by atoms with E-state index in [9.17, 15) is 22.8 Å². The third-order valence-electron chi connectivity index (χ3n) is 5.06. The van der Waals surface area contributed by atoms with Crippen LogP contribution in [0.15, 0.2) is 59.7 Å². The Kier molecular flexibility index (Phi) is 5.47. The van der Waals surface area contributed by atoms with Gasteiger partial charge in [0.1, 0.15) is 17.2 Å². The summed E-state index contributed by atoms with van der Waals surface area (Å²) in [4.78, 5) is 32.4. The fraction of sp³-hybridized carbons (Fsp3) is 0.136. The van der Waals surface area contributed by atoms with E-state index in [1.807, 2.05) is 22.7 Å². The second-order valence-electron chi connectivity index (χ2n) is 7.63. The molecular formula is C22H16F3N7O2S. The summed E-state index contributed by atoms with van der Waals surface area (Å²) in [6, 6.07) is 10.9. The lowest BCUT2D eigenvalue weighted by Gasteiger charge is -2.10. The molecule has 13 heteroatoms. The number of imidazole rings is 1. The van der Waals surface area contributed by atoms with E-state index in [4.69, 9.17) is 0 Å². The van der Waals surface area contributed by atoms with Gasteiger partial charge in [-0.3, -0.25) is 9.20 Å². The number of aryl methyl sites for hydroxylation is 1. The Bertz CT molecular complexity index is 1640. The van der Waals surface area contributed by atoms with Crippen molar-refractivity contribution >= 4 is 33.7 Å². The first-order valence-corrected chi connectivity index (χ1v) is 11.0. The van der Waals surface area contributed by atoms with Crippen LogP contribution in [0.1, 0.15) is 5.69 Å². The van der Waals surface area contributed by atoms with Crippen LogP contribution < -0.4 is 16.2 Å². The second kappa shape index (κ2) is 8.51. The maximum absolute atomic E-state index is 12.3. The Labute approximate surface area is 198 Å². The summed E-state index contributed by atoms with van der Waals surface area (Å²) >= 11 is 1.29. The van der Waals surface area contributed by atoms with Gasteiger partial charge < -0.3 is 10.6 Å². The minimum Gasteiger partial charge on any atom is -0.329 e. The maximum Gasteiger partial charge on any atom is 0.405 e. The topological polar surface area (TPSA) is 106 Å². The van der Waals surface area contributed by atoms with Crippen molar-refractivity contribution < 1.29 is 18.0 Å². The number of nitrogens with zero attached hydrogens (tertiary/aromatic N) is 5. The molecule has 0 spiro atoms. The Balaban J connectivity index is 1.42. The first-order valence-electron chi connectivity index (χ1n) is 10.2. The number of halogens is 3. The number of aromatic nitrogens is 5. The van der Waals surface area contributed by atoms with Gasteiger partial charge in [-0.2, -0.15) is 23.3 Å².